The number of hydrogen-bond donors (Lipinski definition) is 1. The maximum absolute atomic E-state index is 14.0. The molecule has 0 heterocycles. The summed E-state index contributed by atoms with van der Waals surface area (Å²) in [7, 11) is 0. The number of rotatable bonds is 4. The molecule has 1 nitrogen and oxygen atoms in total. The van der Waals surface area contributed by atoms with Crippen molar-refractivity contribution in [3.63, 3.8) is 0 Å². The fraction of sp³-hybridized carbons (Fsp3) is 0.250. The van der Waals surface area contributed by atoms with Gasteiger partial charge in [0.1, 0.15) is 5.82 Å². The molecule has 0 spiro atoms. The van der Waals surface area contributed by atoms with Gasteiger partial charge in [0.05, 0.1) is 6.04 Å². The molecule has 1 unspecified atom stereocenters. The summed E-state index contributed by atoms with van der Waals surface area (Å²) >= 11 is 5.98. The maximum Gasteiger partial charge on any atom is 0.128 e. The number of nitrogens with one attached hydrogen (secondary N) is 1. The summed E-state index contributed by atoms with van der Waals surface area (Å²) in [6.45, 7) is 4.79. The summed E-state index contributed by atoms with van der Waals surface area (Å²) in [4.78, 5) is 0. The summed E-state index contributed by atoms with van der Waals surface area (Å²) in [5.41, 5.74) is 2.80. The smallest absolute Gasteiger partial charge is 0.128 e. The molecule has 19 heavy (non-hydrogen) atoms. The molecule has 0 fully saturated rings. The van der Waals surface area contributed by atoms with E-state index >= 15 is 0 Å². The van der Waals surface area contributed by atoms with Crippen molar-refractivity contribution in [2.24, 2.45) is 0 Å². The van der Waals surface area contributed by atoms with Crippen molar-refractivity contribution in [2.45, 2.75) is 19.9 Å². The van der Waals surface area contributed by atoms with Gasteiger partial charge < -0.3 is 5.32 Å². The van der Waals surface area contributed by atoms with Gasteiger partial charge >= 0.3 is 0 Å². The molecule has 2 rings (SSSR count). The third kappa shape index (κ3) is 3.34. The Balaban J connectivity index is 2.44. The lowest BCUT2D eigenvalue weighted by atomic mass is 9.97. The molecule has 1 atom stereocenters. The van der Waals surface area contributed by atoms with Crippen LogP contribution in [-0.4, -0.2) is 6.54 Å². The molecule has 0 bridgehead atoms. The lowest BCUT2D eigenvalue weighted by molar-refractivity contribution is 0.559. The molecule has 0 radical (unpaired) electrons. The quantitative estimate of drug-likeness (QED) is 0.868. The fourth-order valence-electron chi connectivity index (χ4n) is 2.11. The van der Waals surface area contributed by atoms with E-state index in [1.165, 1.54) is 11.6 Å². The van der Waals surface area contributed by atoms with Crippen molar-refractivity contribution < 1.29 is 4.39 Å². The molecule has 1 N–H and O–H groups in total. The highest BCUT2D eigenvalue weighted by Gasteiger charge is 2.17. The second-order valence-electron chi connectivity index (χ2n) is 4.57. The Kier molecular flexibility index (Phi) is 4.56. The molecule has 2 aromatic carbocycles. The molecular weight excluding hydrogens is 261 g/mol. The van der Waals surface area contributed by atoms with Crippen LogP contribution in [-0.2, 0) is 0 Å². The van der Waals surface area contributed by atoms with Gasteiger partial charge in [0.2, 0.25) is 0 Å². The minimum atomic E-state index is -0.240. The second kappa shape index (κ2) is 6.18. The van der Waals surface area contributed by atoms with E-state index in [4.69, 9.17) is 11.6 Å². The van der Waals surface area contributed by atoms with Crippen molar-refractivity contribution in [2.75, 3.05) is 6.54 Å². The SMILES string of the molecule is CCNC(c1ccc(C)cc1)c1cc(Cl)ccc1F. The van der Waals surface area contributed by atoms with Gasteiger partial charge in [0.25, 0.3) is 0 Å². The van der Waals surface area contributed by atoms with Crippen LogP contribution in [0.2, 0.25) is 5.02 Å². The zero-order valence-electron chi connectivity index (χ0n) is 11.1. The van der Waals surface area contributed by atoms with Crippen LogP contribution in [0, 0.1) is 12.7 Å². The van der Waals surface area contributed by atoms with E-state index in [-0.39, 0.29) is 11.9 Å². The zero-order chi connectivity index (χ0) is 13.8. The van der Waals surface area contributed by atoms with Crippen molar-refractivity contribution in [1.82, 2.24) is 5.32 Å². The Bertz CT molecular complexity index is 551. The van der Waals surface area contributed by atoms with E-state index < -0.39 is 0 Å². The predicted molar refractivity (Wildman–Crippen MR) is 78.1 cm³/mol. The Morgan fingerprint density at radius 1 is 1.16 bits per heavy atom. The van der Waals surface area contributed by atoms with E-state index in [2.05, 4.69) is 5.32 Å². The molecule has 2 aromatic rings. The summed E-state index contributed by atoms with van der Waals surface area (Å²) < 4.78 is 14.0. The monoisotopic (exact) mass is 277 g/mol. The second-order valence-corrected chi connectivity index (χ2v) is 5.00. The van der Waals surface area contributed by atoms with Crippen LogP contribution in [0.1, 0.15) is 29.7 Å². The lowest BCUT2D eigenvalue weighted by Crippen LogP contribution is -2.23. The van der Waals surface area contributed by atoms with Crippen LogP contribution >= 0.6 is 11.6 Å². The highest BCUT2D eigenvalue weighted by Crippen LogP contribution is 2.27. The standard InChI is InChI=1S/C16H17ClFN/c1-3-19-16(12-6-4-11(2)5-7-12)14-10-13(17)8-9-15(14)18/h4-10,16,19H,3H2,1-2H3. The van der Waals surface area contributed by atoms with E-state index in [0.717, 1.165) is 12.1 Å². The molecule has 0 saturated carbocycles. The number of aryl methyl sites for hydroxylation is 1. The van der Waals surface area contributed by atoms with E-state index in [9.17, 15) is 4.39 Å². The van der Waals surface area contributed by atoms with Crippen LogP contribution in [0.15, 0.2) is 42.5 Å². The highest BCUT2D eigenvalue weighted by molar-refractivity contribution is 6.30. The first-order chi connectivity index (χ1) is 9.11. The van der Waals surface area contributed by atoms with E-state index in [0.29, 0.717) is 10.6 Å². The molecule has 0 saturated heterocycles. The molecule has 0 aromatic heterocycles. The molecule has 0 aliphatic carbocycles. The Morgan fingerprint density at radius 3 is 2.47 bits per heavy atom. The van der Waals surface area contributed by atoms with Crippen LogP contribution in [0.25, 0.3) is 0 Å². The summed E-state index contributed by atoms with van der Waals surface area (Å²) in [5.74, 6) is -0.240. The summed E-state index contributed by atoms with van der Waals surface area (Å²) in [5, 5.41) is 3.85. The van der Waals surface area contributed by atoms with Crippen molar-refractivity contribution in [3.8, 4) is 0 Å². The van der Waals surface area contributed by atoms with Gasteiger partial charge in [0, 0.05) is 10.6 Å². The summed E-state index contributed by atoms with van der Waals surface area (Å²) in [6.07, 6.45) is 0. The topological polar surface area (TPSA) is 12.0 Å². The van der Waals surface area contributed by atoms with Crippen LogP contribution in [0.4, 0.5) is 4.39 Å². The molecule has 100 valence electrons. The molecule has 0 aliphatic heterocycles. The third-order valence-electron chi connectivity index (χ3n) is 3.09. The van der Waals surface area contributed by atoms with Crippen LogP contribution < -0.4 is 5.32 Å². The molecular formula is C16H17ClFN. The van der Waals surface area contributed by atoms with Gasteiger partial charge in [-0.15, -0.1) is 0 Å². The summed E-state index contributed by atoms with van der Waals surface area (Å²) in [6, 6.07) is 12.6. The van der Waals surface area contributed by atoms with E-state index in [1.54, 1.807) is 12.1 Å². The van der Waals surface area contributed by atoms with Crippen molar-refractivity contribution in [1.29, 1.82) is 0 Å². The fourth-order valence-corrected chi connectivity index (χ4v) is 2.29. The number of benzene rings is 2. The third-order valence-corrected chi connectivity index (χ3v) is 3.32. The van der Waals surface area contributed by atoms with Crippen molar-refractivity contribution in [3.05, 3.63) is 70.0 Å². The van der Waals surface area contributed by atoms with Gasteiger partial charge in [-0.05, 0) is 37.2 Å². The van der Waals surface area contributed by atoms with Crippen molar-refractivity contribution >= 4 is 11.6 Å². The molecule has 3 heteroatoms. The molecule has 0 amide bonds. The number of hydrogen-bond acceptors (Lipinski definition) is 1. The normalized spacial score (nSPS) is 12.4. The minimum Gasteiger partial charge on any atom is -0.306 e. The van der Waals surface area contributed by atoms with Gasteiger partial charge in [-0.25, -0.2) is 4.39 Å². The average Bonchev–Trinajstić information content (AvgIpc) is 2.40. The van der Waals surface area contributed by atoms with Crippen LogP contribution in [0.5, 0.6) is 0 Å². The lowest BCUT2D eigenvalue weighted by Gasteiger charge is -2.20. The predicted octanol–water partition coefficient (Wildman–Crippen LogP) is 4.49. The van der Waals surface area contributed by atoms with Gasteiger partial charge in [-0.2, -0.15) is 0 Å². The Hall–Kier alpha value is -1.38. The molecule has 0 aliphatic rings. The maximum atomic E-state index is 14.0. The number of halogens is 2. The van der Waals surface area contributed by atoms with Gasteiger partial charge in [0.15, 0.2) is 0 Å². The Labute approximate surface area is 118 Å². The highest BCUT2D eigenvalue weighted by atomic mass is 35.5. The zero-order valence-corrected chi connectivity index (χ0v) is 11.8. The first-order valence-electron chi connectivity index (χ1n) is 6.36. The van der Waals surface area contributed by atoms with E-state index in [1.807, 2.05) is 38.1 Å². The average molecular weight is 278 g/mol. The Morgan fingerprint density at radius 2 is 1.84 bits per heavy atom. The first kappa shape index (κ1) is 14.0. The van der Waals surface area contributed by atoms with Crippen LogP contribution in [0.3, 0.4) is 0 Å². The minimum absolute atomic E-state index is 0.177. The van der Waals surface area contributed by atoms with Gasteiger partial charge in [-0.3, -0.25) is 0 Å². The largest absolute Gasteiger partial charge is 0.306 e. The van der Waals surface area contributed by atoms with Gasteiger partial charge in [-0.1, -0.05) is 48.4 Å². The first-order valence-corrected chi connectivity index (χ1v) is 6.74.